The zero-order valence-electron chi connectivity index (χ0n) is 19.8. The fourth-order valence-corrected chi connectivity index (χ4v) is 4.86. The van der Waals surface area contributed by atoms with E-state index in [-0.39, 0.29) is 17.4 Å². The van der Waals surface area contributed by atoms with E-state index in [0.29, 0.717) is 22.6 Å². The van der Waals surface area contributed by atoms with Crippen LogP contribution < -0.4 is 10.1 Å². The topological polar surface area (TPSA) is 89.6 Å². The molecule has 1 aromatic carbocycles. The molecule has 36 heavy (non-hydrogen) atoms. The van der Waals surface area contributed by atoms with Gasteiger partial charge in [-0.3, -0.25) is 9.48 Å². The third-order valence-electron chi connectivity index (χ3n) is 6.14. The molecule has 3 aromatic heterocycles. The van der Waals surface area contributed by atoms with Crippen LogP contribution in [0.5, 0.6) is 5.75 Å². The van der Waals surface area contributed by atoms with Crippen LogP contribution in [0.15, 0.2) is 53.9 Å². The molecule has 1 saturated heterocycles. The standard InChI is InChI=1S/C24H25F2N7O2S/c1-31-9-3-5-15(13-31)33-14-19(29-23(34)18-12-28-32-10-4-8-27-22(18)32)21(30-33)17-11-16(36-2)6-7-20(17)35-24(25)26/h4,6-8,10-12,14-15,24H,3,5,9,13H2,1-2H3,(H,29,34)/t15-/m0/s1. The summed E-state index contributed by atoms with van der Waals surface area (Å²) in [6, 6.07) is 6.75. The molecule has 5 rings (SSSR count). The Morgan fingerprint density at radius 3 is 2.97 bits per heavy atom. The SMILES string of the molecule is CSc1ccc(OC(F)F)c(-c2nn([C@H]3CCCN(C)C3)cc2NC(=O)c2cnn3cccnc23)c1. The summed E-state index contributed by atoms with van der Waals surface area (Å²) in [4.78, 5) is 20.6. The van der Waals surface area contributed by atoms with Crippen molar-refractivity contribution in [2.24, 2.45) is 0 Å². The zero-order chi connectivity index (χ0) is 25.2. The van der Waals surface area contributed by atoms with Gasteiger partial charge in [0, 0.05) is 35.6 Å². The fraction of sp³-hybridized carbons (Fsp3) is 0.333. The predicted molar refractivity (Wildman–Crippen MR) is 133 cm³/mol. The lowest BCUT2D eigenvalue weighted by molar-refractivity contribution is -0.0494. The summed E-state index contributed by atoms with van der Waals surface area (Å²) in [6.07, 6.45) is 10.3. The monoisotopic (exact) mass is 513 g/mol. The molecule has 0 spiro atoms. The van der Waals surface area contributed by atoms with Crippen LogP contribution >= 0.6 is 11.8 Å². The number of carbonyl (C=O) groups excluding carboxylic acids is 1. The highest BCUT2D eigenvalue weighted by Gasteiger charge is 2.26. The number of aromatic nitrogens is 5. The predicted octanol–water partition coefficient (Wildman–Crippen LogP) is 4.44. The van der Waals surface area contributed by atoms with Gasteiger partial charge in [-0.1, -0.05) is 0 Å². The molecule has 12 heteroatoms. The Kier molecular flexibility index (Phi) is 6.88. The number of benzene rings is 1. The van der Waals surface area contributed by atoms with Crippen molar-refractivity contribution in [2.75, 3.05) is 31.7 Å². The maximum Gasteiger partial charge on any atom is 0.387 e. The number of thioether (sulfide) groups is 1. The highest BCUT2D eigenvalue weighted by Crippen LogP contribution is 2.38. The molecular formula is C24H25F2N7O2S. The maximum atomic E-state index is 13.3. The van der Waals surface area contributed by atoms with Crippen molar-refractivity contribution in [3.8, 4) is 17.0 Å². The van der Waals surface area contributed by atoms with Crippen molar-refractivity contribution < 1.29 is 18.3 Å². The number of hydrogen-bond acceptors (Lipinski definition) is 7. The number of ether oxygens (including phenoxy) is 1. The van der Waals surface area contributed by atoms with Crippen LogP contribution in [0.1, 0.15) is 29.2 Å². The molecule has 0 bridgehead atoms. The van der Waals surface area contributed by atoms with Crippen LogP contribution in [0.3, 0.4) is 0 Å². The fourth-order valence-electron chi connectivity index (χ4n) is 4.42. The number of anilines is 1. The molecule has 1 amide bonds. The van der Waals surface area contributed by atoms with Gasteiger partial charge >= 0.3 is 6.61 Å². The Bertz CT molecular complexity index is 1390. The minimum atomic E-state index is -3.00. The van der Waals surface area contributed by atoms with E-state index in [2.05, 4.69) is 20.3 Å². The molecule has 4 aromatic rings. The number of amides is 1. The van der Waals surface area contributed by atoms with Crippen LogP contribution in [-0.2, 0) is 0 Å². The molecule has 1 aliphatic rings. The summed E-state index contributed by atoms with van der Waals surface area (Å²) in [7, 11) is 2.05. The molecule has 0 unspecified atom stereocenters. The third-order valence-corrected chi connectivity index (χ3v) is 6.86. The van der Waals surface area contributed by atoms with Crippen LogP contribution in [0, 0.1) is 0 Å². The number of halogens is 2. The Morgan fingerprint density at radius 2 is 2.19 bits per heavy atom. The van der Waals surface area contributed by atoms with E-state index in [1.807, 2.05) is 18.0 Å². The first kappa shape index (κ1) is 24.2. The number of alkyl halides is 2. The van der Waals surface area contributed by atoms with Gasteiger partial charge in [-0.25, -0.2) is 9.50 Å². The van der Waals surface area contributed by atoms with E-state index >= 15 is 0 Å². The minimum Gasteiger partial charge on any atom is -0.434 e. The van der Waals surface area contributed by atoms with Gasteiger partial charge < -0.3 is 15.0 Å². The Balaban J connectivity index is 1.58. The lowest BCUT2D eigenvalue weighted by atomic mass is 10.1. The van der Waals surface area contributed by atoms with Gasteiger partial charge in [0.15, 0.2) is 5.65 Å². The van der Waals surface area contributed by atoms with Crippen LogP contribution in [0.2, 0.25) is 0 Å². The maximum absolute atomic E-state index is 13.3. The summed E-state index contributed by atoms with van der Waals surface area (Å²) in [6.45, 7) is -1.21. The van der Waals surface area contributed by atoms with E-state index in [1.165, 1.54) is 28.5 Å². The third kappa shape index (κ3) is 4.91. The number of likely N-dealkylation sites (tertiary alicyclic amines) is 1. The first-order valence-electron chi connectivity index (χ1n) is 11.4. The van der Waals surface area contributed by atoms with E-state index in [0.717, 1.165) is 30.8 Å². The lowest BCUT2D eigenvalue weighted by Crippen LogP contribution is -2.33. The van der Waals surface area contributed by atoms with Crippen LogP contribution in [0.4, 0.5) is 14.5 Å². The quantitative estimate of drug-likeness (QED) is 0.366. The van der Waals surface area contributed by atoms with Gasteiger partial charge in [0.25, 0.3) is 5.91 Å². The highest BCUT2D eigenvalue weighted by molar-refractivity contribution is 7.98. The molecule has 1 N–H and O–H groups in total. The average molecular weight is 514 g/mol. The molecule has 1 fully saturated rings. The molecule has 0 saturated carbocycles. The number of rotatable bonds is 7. The van der Waals surface area contributed by atoms with Crippen LogP contribution in [0.25, 0.3) is 16.9 Å². The van der Waals surface area contributed by atoms with Crippen LogP contribution in [-0.4, -0.2) is 68.2 Å². The molecule has 1 atom stereocenters. The van der Waals surface area contributed by atoms with E-state index in [9.17, 15) is 13.6 Å². The van der Waals surface area contributed by atoms with Crippen molar-refractivity contribution in [3.63, 3.8) is 0 Å². The number of likely N-dealkylation sites (N-methyl/N-ethyl adjacent to an activating group) is 1. The Hall–Kier alpha value is -3.51. The molecule has 1 aliphatic heterocycles. The van der Waals surface area contributed by atoms with Crippen molar-refractivity contribution in [2.45, 2.75) is 30.4 Å². The first-order valence-corrected chi connectivity index (χ1v) is 12.7. The smallest absolute Gasteiger partial charge is 0.387 e. The van der Waals surface area contributed by atoms with E-state index in [4.69, 9.17) is 9.84 Å². The average Bonchev–Trinajstić information content (AvgIpc) is 3.48. The number of fused-ring (bicyclic) bond motifs is 1. The molecule has 9 nitrogen and oxygen atoms in total. The Morgan fingerprint density at radius 1 is 1.33 bits per heavy atom. The molecule has 0 aliphatic carbocycles. The molecular weight excluding hydrogens is 488 g/mol. The van der Waals surface area contributed by atoms with E-state index < -0.39 is 12.5 Å². The van der Waals surface area contributed by atoms with Crippen molar-refractivity contribution in [1.29, 1.82) is 0 Å². The highest BCUT2D eigenvalue weighted by atomic mass is 32.2. The molecule has 4 heterocycles. The van der Waals surface area contributed by atoms with Gasteiger partial charge in [0.05, 0.1) is 17.9 Å². The number of nitrogens with zero attached hydrogens (tertiary/aromatic N) is 6. The van der Waals surface area contributed by atoms with Gasteiger partial charge in [0.1, 0.15) is 17.0 Å². The van der Waals surface area contributed by atoms with Gasteiger partial charge in [-0.2, -0.15) is 19.0 Å². The number of nitrogens with one attached hydrogen (secondary N) is 1. The summed E-state index contributed by atoms with van der Waals surface area (Å²) < 4.78 is 34.6. The first-order chi connectivity index (χ1) is 17.4. The largest absolute Gasteiger partial charge is 0.434 e. The Labute approximate surface area is 210 Å². The number of piperidine rings is 1. The summed E-state index contributed by atoms with van der Waals surface area (Å²) in [5, 5.41) is 11.9. The number of carbonyl (C=O) groups is 1. The van der Waals surface area contributed by atoms with Gasteiger partial charge in [-0.05, 0) is 57.0 Å². The molecule has 0 radical (unpaired) electrons. The second kappa shape index (κ2) is 10.2. The minimum absolute atomic E-state index is 0.0121. The molecule has 188 valence electrons. The second-order valence-electron chi connectivity index (χ2n) is 8.57. The van der Waals surface area contributed by atoms with E-state index in [1.54, 1.807) is 36.8 Å². The zero-order valence-corrected chi connectivity index (χ0v) is 20.6. The second-order valence-corrected chi connectivity index (χ2v) is 9.45. The van der Waals surface area contributed by atoms with Crippen molar-refractivity contribution in [1.82, 2.24) is 29.3 Å². The summed E-state index contributed by atoms with van der Waals surface area (Å²) >= 11 is 1.47. The summed E-state index contributed by atoms with van der Waals surface area (Å²) in [5.41, 5.74) is 1.81. The summed E-state index contributed by atoms with van der Waals surface area (Å²) in [5.74, 6) is -0.440. The van der Waals surface area contributed by atoms with Crippen molar-refractivity contribution >= 4 is 29.0 Å². The normalized spacial score (nSPS) is 16.5. The van der Waals surface area contributed by atoms with Gasteiger partial charge in [0.2, 0.25) is 0 Å². The lowest BCUT2D eigenvalue weighted by Gasteiger charge is -2.29. The number of hydrogen-bond donors (Lipinski definition) is 1. The van der Waals surface area contributed by atoms with Gasteiger partial charge in [-0.15, -0.1) is 11.8 Å². The van der Waals surface area contributed by atoms with Crippen molar-refractivity contribution in [3.05, 3.63) is 54.6 Å².